The van der Waals surface area contributed by atoms with Gasteiger partial charge in [0.1, 0.15) is 6.61 Å². The number of alkyl carbamates (subject to hydrolysis) is 1. The Hall–Kier alpha value is -3.79. The summed E-state index contributed by atoms with van der Waals surface area (Å²) in [5.41, 5.74) is 4.67. The third kappa shape index (κ3) is 5.40. The molecule has 0 saturated heterocycles. The Balaban J connectivity index is 1.30. The van der Waals surface area contributed by atoms with Crippen LogP contribution in [0, 0.1) is 23.7 Å². The van der Waals surface area contributed by atoms with E-state index in [4.69, 9.17) is 9.84 Å². The zero-order valence-corrected chi connectivity index (χ0v) is 18.9. The Labute approximate surface area is 198 Å². The number of aliphatic carboxylic acids is 1. The van der Waals surface area contributed by atoms with Crippen LogP contribution in [-0.4, -0.2) is 42.8 Å². The highest BCUT2D eigenvalue weighted by Gasteiger charge is 2.32. The van der Waals surface area contributed by atoms with Crippen LogP contribution < -0.4 is 10.6 Å². The van der Waals surface area contributed by atoms with Crippen LogP contribution in [0.25, 0.3) is 11.1 Å². The highest BCUT2D eigenvalue weighted by molar-refractivity contribution is 5.86. The average molecular weight is 461 g/mol. The number of carboxylic acid groups (broad SMARTS) is 1. The van der Waals surface area contributed by atoms with Gasteiger partial charge in [-0.25, -0.2) is 9.59 Å². The number of amides is 2. The van der Waals surface area contributed by atoms with Crippen LogP contribution in [0.1, 0.15) is 42.7 Å². The van der Waals surface area contributed by atoms with E-state index in [1.807, 2.05) is 30.2 Å². The van der Waals surface area contributed by atoms with E-state index < -0.39 is 12.1 Å². The molecule has 0 aromatic heterocycles. The fraction of sp³-hybridized carbons (Fsp3) is 0.370. The molecule has 0 aliphatic heterocycles. The number of hydrogen-bond acceptors (Lipinski definition) is 4. The van der Waals surface area contributed by atoms with E-state index in [0.29, 0.717) is 6.54 Å². The Morgan fingerprint density at radius 2 is 1.59 bits per heavy atom. The summed E-state index contributed by atoms with van der Waals surface area (Å²) in [4.78, 5) is 35.5. The summed E-state index contributed by atoms with van der Waals surface area (Å²) >= 11 is 0. The first-order chi connectivity index (χ1) is 16.5. The van der Waals surface area contributed by atoms with Crippen LogP contribution in [0.5, 0.6) is 0 Å². The zero-order valence-electron chi connectivity index (χ0n) is 18.9. The van der Waals surface area contributed by atoms with Gasteiger partial charge in [0.15, 0.2) is 0 Å². The molecular weight excluding hydrogens is 432 g/mol. The number of carbonyl (C=O) groups is 3. The van der Waals surface area contributed by atoms with Crippen LogP contribution in [0.2, 0.25) is 0 Å². The summed E-state index contributed by atoms with van der Waals surface area (Å²) < 4.78 is 5.60. The van der Waals surface area contributed by atoms with E-state index in [1.165, 1.54) is 11.1 Å². The molecule has 2 amide bonds. The van der Waals surface area contributed by atoms with Gasteiger partial charge < -0.3 is 20.5 Å². The number of carboxylic acids is 1. The standard InChI is InChI=1S/C27H28N2O5/c30-25(31)14-7-15-28-26(32)19-9-2-1-8-18(19)16-29-27(33)34-17-24-22-12-5-3-10-20(22)21-11-4-6-13-23(21)24/h3-6,10-13,18-19,24H,1-2,8-9,15-17H2,(H,28,32)(H,29,33)(H,30,31)/t18-,19-/m0/s1. The topological polar surface area (TPSA) is 105 Å². The summed E-state index contributed by atoms with van der Waals surface area (Å²) in [7, 11) is 0. The second-order valence-corrected chi connectivity index (χ2v) is 8.68. The highest BCUT2D eigenvalue weighted by atomic mass is 16.5. The lowest BCUT2D eigenvalue weighted by molar-refractivity contribution is -0.130. The summed E-state index contributed by atoms with van der Waals surface area (Å²) in [6.07, 6.45) is 3.02. The monoisotopic (exact) mass is 460 g/mol. The summed E-state index contributed by atoms with van der Waals surface area (Å²) in [5, 5.41) is 14.1. The Kier molecular flexibility index (Phi) is 7.48. The van der Waals surface area contributed by atoms with Gasteiger partial charge >= 0.3 is 12.1 Å². The fourth-order valence-corrected chi connectivity index (χ4v) is 5.04. The molecule has 0 heterocycles. The van der Waals surface area contributed by atoms with E-state index in [1.54, 1.807) is 0 Å². The van der Waals surface area contributed by atoms with Gasteiger partial charge in [-0.15, -0.1) is 0 Å². The number of benzene rings is 2. The van der Waals surface area contributed by atoms with Crippen molar-refractivity contribution in [2.24, 2.45) is 11.8 Å². The predicted molar refractivity (Wildman–Crippen MR) is 127 cm³/mol. The first-order valence-corrected chi connectivity index (χ1v) is 11.6. The maximum absolute atomic E-state index is 12.6. The van der Waals surface area contributed by atoms with E-state index in [9.17, 15) is 14.4 Å². The maximum atomic E-state index is 12.6. The first kappa shape index (κ1) is 23.4. The zero-order chi connectivity index (χ0) is 23.9. The van der Waals surface area contributed by atoms with Crippen molar-refractivity contribution in [1.82, 2.24) is 10.6 Å². The van der Waals surface area contributed by atoms with Crippen LogP contribution in [-0.2, 0) is 14.3 Å². The molecule has 7 nitrogen and oxygen atoms in total. The molecule has 0 radical (unpaired) electrons. The van der Waals surface area contributed by atoms with Crippen molar-refractivity contribution in [3.8, 4) is 23.0 Å². The molecule has 2 aliphatic carbocycles. The number of hydrogen-bond donors (Lipinski definition) is 3. The molecule has 2 aromatic carbocycles. The molecule has 3 N–H and O–H groups in total. The van der Waals surface area contributed by atoms with Gasteiger partial charge in [0.05, 0.1) is 6.54 Å². The average Bonchev–Trinajstić information content (AvgIpc) is 3.17. The van der Waals surface area contributed by atoms with Crippen molar-refractivity contribution in [3.63, 3.8) is 0 Å². The second kappa shape index (κ2) is 10.9. The van der Waals surface area contributed by atoms with Crippen LogP contribution in [0.15, 0.2) is 48.5 Å². The van der Waals surface area contributed by atoms with Crippen molar-refractivity contribution in [2.45, 2.75) is 31.6 Å². The molecule has 176 valence electrons. The summed E-state index contributed by atoms with van der Waals surface area (Å²) in [5.74, 6) is 2.77. The van der Waals surface area contributed by atoms with Gasteiger partial charge in [-0.2, -0.15) is 0 Å². The Morgan fingerprint density at radius 3 is 2.26 bits per heavy atom. The second-order valence-electron chi connectivity index (χ2n) is 8.68. The fourth-order valence-electron chi connectivity index (χ4n) is 5.04. The van der Waals surface area contributed by atoms with Crippen molar-refractivity contribution in [3.05, 3.63) is 59.7 Å². The van der Waals surface area contributed by atoms with Gasteiger partial charge in [-0.3, -0.25) is 4.79 Å². The number of rotatable bonds is 6. The van der Waals surface area contributed by atoms with Crippen LogP contribution in [0.3, 0.4) is 0 Å². The van der Waals surface area contributed by atoms with Crippen LogP contribution >= 0.6 is 0 Å². The smallest absolute Gasteiger partial charge is 0.407 e. The predicted octanol–water partition coefficient (Wildman–Crippen LogP) is 3.54. The van der Waals surface area contributed by atoms with E-state index >= 15 is 0 Å². The molecule has 4 rings (SSSR count). The molecule has 0 spiro atoms. The van der Waals surface area contributed by atoms with Gasteiger partial charge in [0.2, 0.25) is 5.91 Å². The third-order valence-electron chi connectivity index (χ3n) is 6.64. The van der Waals surface area contributed by atoms with Gasteiger partial charge in [0.25, 0.3) is 0 Å². The van der Waals surface area contributed by atoms with Crippen molar-refractivity contribution in [2.75, 3.05) is 19.7 Å². The van der Waals surface area contributed by atoms with Gasteiger partial charge in [-0.1, -0.05) is 67.3 Å². The SMILES string of the molecule is O=C(O)C#CCNC(=O)[C@H]1CCCC[C@H]1CNC(=O)OCC1c2ccccc2-c2ccccc21. The molecule has 7 heteroatoms. The van der Waals surface area contributed by atoms with Gasteiger partial charge in [0, 0.05) is 24.3 Å². The molecule has 1 fully saturated rings. The van der Waals surface area contributed by atoms with E-state index in [0.717, 1.165) is 36.8 Å². The summed E-state index contributed by atoms with van der Waals surface area (Å²) in [6.45, 7) is 0.598. The number of carbonyl (C=O) groups excluding carboxylic acids is 2. The van der Waals surface area contributed by atoms with Gasteiger partial charge in [-0.05, 0) is 41.0 Å². The minimum absolute atomic E-state index is 0.00154. The van der Waals surface area contributed by atoms with Crippen molar-refractivity contribution >= 4 is 18.0 Å². The number of fused-ring (bicyclic) bond motifs is 3. The van der Waals surface area contributed by atoms with Crippen LogP contribution in [0.4, 0.5) is 4.79 Å². The molecule has 0 unspecified atom stereocenters. The molecule has 1 saturated carbocycles. The summed E-state index contributed by atoms with van der Waals surface area (Å²) in [6, 6.07) is 16.4. The van der Waals surface area contributed by atoms with Crippen molar-refractivity contribution < 1.29 is 24.2 Å². The Morgan fingerprint density at radius 1 is 0.941 bits per heavy atom. The lowest BCUT2D eigenvalue weighted by atomic mass is 9.78. The minimum atomic E-state index is -1.22. The quantitative estimate of drug-likeness (QED) is 0.572. The normalized spacial score (nSPS) is 18.6. The largest absolute Gasteiger partial charge is 0.472 e. The third-order valence-corrected chi connectivity index (χ3v) is 6.64. The molecule has 2 atom stereocenters. The molecular formula is C27H28N2O5. The maximum Gasteiger partial charge on any atom is 0.407 e. The van der Waals surface area contributed by atoms with Crippen molar-refractivity contribution in [1.29, 1.82) is 0 Å². The lowest BCUT2D eigenvalue weighted by Crippen LogP contribution is -2.42. The number of ether oxygens (including phenoxy) is 1. The molecule has 2 aromatic rings. The molecule has 2 aliphatic rings. The lowest BCUT2D eigenvalue weighted by Gasteiger charge is -2.30. The first-order valence-electron chi connectivity index (χ1n) is 11.6. The highest BCUT2D eigenvalue weighted by Crippen LogP contribution is 2.44. The number of nitrogens with one attached hydrogen (secondary N) is 2. The Bertz CT molecular complexity index is 1090. The minimum Gasteiger partial charge on any atom is -0.472 e. The van der Waals surface area contributed by atoms with E-state index in [2.05, 4.69) is 40.8 Å². The molecule has 0 bridgehead atoms. The van der Waals surface area contributed by atoms with E-state index in [-0.39, 0.29) is 36.8 Å². The molecule has 34 heavy (non-hydrogen) atoms.